The molecular weight excluding hydrogens is 619 g/mol. The van der Waals surface area contributed by atoms with Gasteiger partial charge in [-0.15, -0.1) is 0 Å². The van der Waals surface area contributed by atoms with E-state index >= 15 is 0 Å². The number of barbiturate groups is 1. The van der Waals surface area contributed by atoms with Gasteiger partial charge in [0, 0.05) is 5.02 Å². The number of amides is 4. The van der Waals surface area contributed by atoms with Gasteiger partial charge in [-0.2, -0.15) is 8.42 Å². The number of hydrogen-bond acceptors (Lipinski definition) is 6. The second-order valence-corrected chi connectivity index (χ2v) is 10.9. The standard InChI is InChI=1S/C23H12BrCl3N2O6S/c24-17-10-12(1-8-20(17)35-36(33,34)15-5-2-13(25)3-6-15)9-16-21(30)28-23(32)29(22(16)31)14-4-7-18(26)19(27)11-14/h1-11H,(H,28,30,32)/b16-9+. The number of halogens is 4. The number of rotatable bonds is 5. The molecule has 0 bridgehead atoms. The molecule has 4 amide bonds. The van der Waals surface area contributed by atoms with E-state index in [0.717, 1.165) is 4.90 Å². The molecule has 184 valence electrons. The third-order valence-corrected chi connectivity index (χ3v) is 7.69. The molecule has 1 aliphatic rings. The Morgan fingerprint density at radius 3 is 2.22 bits per heavy atom. The van der Waals surface area contributed by atoms with Crippen LogP contribution in [-0.4, -0.2) is 26.3 Å². The van der Waals surface area contributed by atoms with Gasteiger partial charge < -0.3 is 4.18 Å². The van der Waals surface area contributed by atoms with Crippen molar-refractivity contribution in [3.63, 3.8) is 0 Å². The predicted octanol–water partition coefficient (Wildman–Crippen LogP) is 5.84. The molecule has 0 aromatic heterocycles. The second-order valence-electron chi connectivity index (χ2n) is 7.24. The van der Waals surface area contributed by atoms with Crippen LogP contribution >= 0.6 is 50.7 Å². The zero-order valence-corrected chi connectivity index (χ0v) is 22.3. The highest BCUT2D eigenvalue weighted by Crippen LogP contribution is 2.32. The van der Waals surface area contributed by atoms with Gasteiger partial charge in [0.2, 0.25) is 0 Å². The van der Waals surface area contributed by atoms with Crippen LogP contribution in [0.2, 0.25) is 15.1 Å². The van der Waals surface area contributed by atoms with Crippen molar-refractivity contribution < 1.29 is 27.0 Å². The third kappa shape index (κ3) is 5.42. The summed E-state index contributed by atoms with van der Waals surface area (Å²) in [5.41, 5.74) is 0.123. The van der Waals surface area contributed by atoms with Gasteiger partial charge in [0.1, 0.15) is 10.5 Å². The summed E-state index contributed by atoms with van der Waals surface area (Å²) in [6.45, 7) is 0. The number of nitrogens with one attached hydrogen (secondary N) is 1. The number of anilines is 1. The first kappa shape index (κ1) is 26.2. The Morgan fingerprint density at radius 1 is 0.889 bits per heavy atom. The van der Waals surface area contributed by atoms with Crippen LogP contribution in [0.1, 0.15) is 5.56 Å². The predicted molar refractivity (Wildman–Crippen MR) is 139 cm³/mol. The summed E-state index contributed by atoms with van der Waals surface area (Å²) in [7, 11) is -4.15. The Bertz CT molecular complexity index is 1560. The lowest BCUT2D eigenvalue weighted by molar-refractivity contribution is -0.122. The van der Waals surface area contributed by atoms with Crippen LogP contribution in [0.5, 0.6) is 5.75 Å². The molecule has 0 spiro atoms. The van der Waals surface area contributed by atoms with E-state index in [1.165, 1.54) is 66.7 Å². The lowest BCUT2D eigenvalue weighted by Gasteiger charge is -2.26. The summed E-state index contributed by atoms with van der Waals surface area (Å²) in [6.07, 6.45) is 1.25. The SMILES string of the molecule is O=C1NC(=O)N(c2ccc(Cl)c(Cl)c2)C(=O)/C1=C/c1ccc(OS(=O)(=O)c2ccc(Cl)cc2)c(Br)c1. The zero-order valence-electron chi connectivity index (χ0n) is 17.7. The molecule has 13 heteroatoms. The first-order chi connectivity index (χ1) is 17.0. The fraction of sp³-hybridized carbons (Fsp3) is 0. The smallest absolute Gasteiger partial charge is 0.339 e. The molecule has 0 unspecified atom stereocenters. The van der Waals surface area contributed by atoms with Gasteiger partial charge in [-0.05, 0) is 82.2 Å². The largest absolute Gasteiger partial charge is 0.378 e. The molecule has 36 heavy (non-hydrogen) atoms. The van der Waals surface area contributed by atoms with Gasteiger partial charge in [-0.1, -0.05) is 40.9 Å². The Balaban J connectivity index is 1.62. The van der Waals surface area contributed by atoms with E-state index in [4.69, 9.17) is 39.0 Å². The van der Waals surface area contributed by atoms with E-state index in [-0.39, 0.29) is 36.4 Å². The normalized spacial score (nSPS) is 15.3. The number of carbonyl (C=O) groups is 3. The maximum absolute atomic E-state index is 13.0. The quantitative estimate of drug-likeness (QED) is 0.216. The highest BCUT2D eigenvalue weighted by Gasteiger charge is 2.37. The summed E-state index contributed by atoms with van der Waals surface area (Å²) in [5.74, 6) is -1.81. The van der Waals surface area contributed by atoms with Crippen molar-refractivity contribution in [2.75, 3.05) is 4.90 Å². The second kappa shape index (κ2) is 10.2. The van der Waals surface area contributed by atoms with E-state index in [1.54, 1.807) is 0 Å². The van der Waals surface area contributed by atoms with Crippen molar-refractivity contribution in [2.24, 2.45) is 0 Å². The molecule has 1 fully saturated rings. The van der Waals surface area contributed by atoms with Crippen LogP contribution in [0.15, 0.2) is 75.6 Å². The van der Waals surface area contributed by atoms with Gasteiger partial charge in [0.25, 0.3) is 11.8 Å². The van der Waals surface area contributed by atoms with E-state index in [9.17, 15) is 22.8 Å². The Labute approximate surface area is 228 Å². The molecule has 3 aromatic rings. The van der Waals surface area contributed by atoms with E-state index in [1.807, 2.05) is 0 Å². The van der Waals surface area contributed by atoms with E-state index in [0.29, 0.717) is 10.6 Å². The van der Waals surface area contributed by atoms with E-state index < -0.39 is 28.0 Å². The van der Waals surface area contributed by atoms with Gasteiger partial charge in [0.05, 0.1) is 20.2 Å². The minimum Gasteiger partial charge on any atom is -0.378 e. The lowest BCUT2D eigenvalue weighted by Crippen LogP contribution is -2.54. The minimum absolute atomic E-state index is 0.0286. The highest BCUT2D eigenvalue weighted by atomic mass is 79.9. The first-order valence-electron chi connectivity index (χ1n) is 9.82. The Morgan fingerprint density at radius 2 is 1.58 bits per heavy atom. The fourth-order valence-electron chi connectivity index (χ4n) is 3.12. The average molecular weight is 631 g/mol. The summed E-state index contributed by atoms with van der Waals surface area (Å²) >= 11 is 20.9. The van der Waals surface area contributed by atoms with Crippen molar-refractivity contribution in [3.05, 3.63) is 91.3 Å². The van der Waals surface area contributed by atoms with Crippen molar-refractivity contribution in [1.82, 2.24) is 5.32 Å². The van der Waals surface area contributed by atoms with Crippen LogP contribution in [0.3, 0.4) is 0 Å². The number of carbonyl (C=O) groups excluding carboxylic acids is 3. The Hall–Kier alpha value is -2.89. The summed E-state index contributed by atoms with van der Waals surface area (Å²) < 4.78 is 30.5. The number of urea groups is 1. The molecule has 0 atom stereocenters. The molecule has 4 rings (SSSR count). The number of hydrogen-bond donors (Lipinski definition) is 1. The van der Waals surface area contributed by atoms with Crippen LogP contribution in [-0.2, 0) is 19.7 Å². The molecular formula is C23H12BrCl3N2O6S. The molecule has 1 saturated heterocycles. The van der Waals surface area contributed by atoms with Crippen LogP contribution < -0.4 is 14.4 Å². The summed E-state index contributed by atoms with van der Waals surface area (Å²) in [4.78, 5) is 38.5. The fourth-order valence-corrected chi connectivity index (χ4v) is 5.08. The van der Waals surface area contributed by atoms with Crippen molar-refractivity contribution >= 4 is 90.5 Å². The summed E-state index contributed by atoms with van der Waals surface area (Å²) in [5, 5.41) is 2.81. The Kier molecular flexibility index (Phi) is 7.44. The van der Waals surface area contributed by atoms with Crippen LogP contribution in [0.4, 0.5) is 10.5 Å². The molecule has 1 heterocycles. The van der Waals surface area contributed by atoms with Crippen LogP contribution in [0.25, 0.3) is 6.08 Å². The molecule has 3 aromatic carbocycles. The first-order valence-corrected chi connectivity index (χ1v) is 13.2. The summed E-state index contributed by atoms with van der Waals surface area (Å²) in [6, 6.07) is 12.9. The molecule has 1 aliphatic heterocycles. The van der Waals surface area contributed by atoms with Gasteiger partial charge in [-0.25, -0.2) is 9.69 Å². The average Bonchev–Trinajstić information content (AvgIpc) is 2.81. The van der Waals surface area contributed by atoms with Gasteiger partial charge in [0.15, 0.2) is 5.75 Å². The minimum atomic E-state index is -4.15. The van der Waals surface area contributed by atoms with Crippen LogP contribution in [0, 0.1) is 0 Å². The highest BCUT2D eigenvalue weighted by molar-refractivity contribution is 9.10. The van der Waals surface area contributed by atoms with Gasteiger partial charge in [-0.3, -0.25) is 14.9 Å². The van der Waals surface area contributed by atoms with Crippen molar-refractivity contribution in [3.8, 4) is 5.75 Å². The van der Waals surface area contributed by atoms with Crippen molar-refractivity contribution in [1.29, 1.82) is 0 Å². The maximum atomic E-state index is 13.0. The third-order valence-electron chi connectivity index (χ3n) is 4.83. The molecule has 1 N–H and O–H groups in total. The number of nitrogens with zero attached hydrogens (tertiary/aromatic N) is 1. The number of benzene rings is 3. The number of imide groups is 2. The topological polar surface area (TPSA) is 110 Å². The van der Waals surface area contributed by atoms with Crippen molar-refractivity contribution in [2.45, 2.75) is 4.90 Å². The molecule has 0 aliphatic carbocycles. The maximum Gasteiger partial charge on any atom is 0.339 e. The monoisotopic (exact) mass is 628 g/mol. The van der Waals surface area contributed by atoms with Gasteiger partial charge >= 0.3 is 16.1 Å². The zero-order chi connectivity index (χ0) is 26.2. The molecule has 0 radical (unpaired) electrons. The molecule has 8 nitrogen and oxygen atoms in total. The molecule has 0 saturated carbocycles. The lowest BCUT2D eigenvalue weighted by atomic mass is 10.1. The van der Waals surface area contributed by atoms with E-state index in [2.05, 4.69) is 21.2 Å².